The monoisotopic (exact) mass is 468 g/mol. The highest BCUT2D eigenvalue weighted by Crippen LogP contribution is 2.33. The van der Waals surface area contributed by atoms with Gasteiger partial charge in [-0.05, 0) is 55.0 Å². The van der Waals surface area contributed by atoms with Crippen molar-refractivity contribution in [3.05, 3.63) is 53.2 Å². The van der Waals surface area contributed by atoms with Crippen LogP contribution in [-0.4, -0.2) is 57.3 Å². The van der Waals surface area contributed by atoms with Crippen molar-refractivity contribution in [1.82, 2.24) is 15.4 Å². The summed E-state index contributed by atoms with van der Waals surface area (Å²) in [6.07, 6.45) is 3.64. The van der Waals surface area contributed by atoms with Gasteiger partial charge in [-0.15, -0.1) is 0 Å². The Balaban J connectivity index is 1.36. The molecular formula is C24H28N4O6. The summed E-state index contributed by atoms with van der Waals surface area (Å²) in [5, 5.41) is 20.8. The van der Waals surface area contributed by atoms with E-state index in [9.17, 15) is 14.4 Å². The Bertz CT molecular complexity index is 1100. The molecule has 0 saturated carbocycles. The normalized spacial score (nSPS) is 19.0. The third-order valence-electron chi connectivity index (χ3n) is 6.71. The van der Waals surface area contributed by atoms with Gasteiger partial charge < -0.3 is 20.1 Å². The number of hydroxylamine groups is 1. The number of piperidine rings is 1. The molecule has 0 bridgehead atoms. The number of nitrogens with zero attached hydrogens (tertiary/aromatic N) is 2. The van der Waals surface area contributed by atoms with Crippen LogP contribution >= 0.6 is 0 Å². The molecule has 1 atom stereocenters. The number of ether oxygens (including phenoxy) is 1. The van der Waals surface area contributed by atoms with Crippen LogP contribution in [0.3, 0.4) is 0 Å². The third-order valence-corrected chi connectivity index (χ3v) is 6.71. The number of hydrogen-bond acceptors (Lipinski definition) is 6. The number of nitrogens with one attached hydrogen (secondary N) is 2. The van der Waals surface area contributed by atoms with E-state index >= 15 is 0 Å². The molecule has 1 saturated heterocycles. The largest absolute Gasteiger partial charge is 0.490 e. The van der Waals surface area contributed by atoms with Gasteiger partial charge in [-0.25, -0.2) is 15.3 Å². The molecule has 10 nitrogen and oxygen atoms in total. The number of benzene rings is 1. The molecule has 1 unspecified atom stereocenters. The highest BCUT2D eigenvalue weighted by molar-refractivity contribution is 5.94. The second-order valence-electron chi connectivity index (χ2n) is 9.07. The van der Waals surface area contributed by atoms with Crippen LogP contribution in [0.4, 0.5) is 10.6 Å². The second kappa shape index (κ2) is 9.68. The van der Waals surface area contributed by atoms with Crippen molar-refractivity contribution < 1.29 is 29.4 Å². The van der Waals surface area contributed by atoms with E-state index in [4.69, 9.17) is 15.1 Å². The van der Waals surface area contributed by atoms with Gasteiger partial charge in [0.15, 0.2) is 0 Å². The van der Waals surface area contributed by atoms with Crippen LogP contribution in [-0.2, 0) is 17.6 Å². The van der Waals surface area contributed by atoms with E-state index in [1.54, 1.807) is 35.9 Å². The van der Waals surface area contributed by atoms with Crippen molar-refractivity contribution in [3.8, 4) is 5.75 Å². The molecule has 1 aliphatic heterocycles. The second-order valence-corrected chi connectivity index (χ2v) is 9.07. The maximum absolute atomic E-state index is 12.9. The molecule has 0 radical (unpaired) electrons. The average molecular weight is 469 g/mol. The lowest BCUT2D eigenvalue weighted by molar-refractivity contribution is -0.127. The summed E-state index contributed by atoms with van der Waals surface area (Å²) in [5.41, 5.74) is 3.56. The smallest absolute Gasteiger partial charge is 0.407 e. The Morgan fingerprint density at radius 1 is 1.15 bits per heavy atom. The molecule has 2 aliphatic rings. The molecule has 1 aromatic heterocycles. The summed E-state index contributed by atoms with van der Waals surface area (Å²) in [6.45, 7) is 2.49. The molecule has 4 rings (SSSR count). The molecule has 4 N–H and O–H groups in total. The van der Waals surface area contributed by atoms with Crippen LogP contribution in [0.15, 0.2) is 36.5 Å². The summed E-state index contributed by atoms with van der Waals surface area (Å²) >= 11 is 0. The van der Waals surface area contributed by atoms with Gasteiger partial charge in [0.05, 0.1) is 5.41 Å². The van der Waals surface area contributed by atoms with Gasteiger partial charge in [-0.1, -0.05) is 13.0 Å². The zero-order valence-electron chi connectivity index (χ0n) is 18.9. The highest BCUT2D eigenvalue weighted by atomic mass is 16.5. The quantitative estimate of drug-likeness (QED) is 0.391. The minimum Gasteiger partial charge on any atom is -0.490 e. The number of hydrogen-bond donors (Lipinski definition) is 4. The predicted molar refractivity (Wildman–Crippen MR) is 122 cm³/mol. The van der Waals surface area contributed by atoms with Gasteiger partial charge in [-0.2, -0.15) is 0 Å². The molecule has 0 spiro atoms. The molecule has 1 fully saturated rings. The maximum Gasteiger partial charge on any atom is 0.407 e. The zero-order chi connectivity index (χ0) is 24.3. The molecule has 180 valence electrons. The number of pyridine rings is 1. The first-order valence-corrected chi connectivity index (χ1v) is 11.3. The number of likely N-dealkylation sites (tertiary alicyclic amines) is 1. The number of carbonyl (C=O) groups excluding carboxylic acids is 2. The first-order chi connectivity index (χ1) is 16.3. The van der Waals surface area contributed by atoms with E-state index in [0.717, 1.165) is 24.0 Å². The molecule has 2 heterocycles. The Morgan fingerprint density at radius 2 is 1.91 bits per heavy atom. The summed E-state index contributed by atoms with van der Waals surface area (Å²) in [7, 11) is 0. The van der Waals surface area contributed by atoms with E-state index < -0.39 is 17.4 Å². The van der Waals surface area contributed by atoms with Gasteiger partial charge in [0.25, 0.3) is 5.91 Å². The lowest BCUT2D eigenvalue weighted by atomic mass is 9.79. The zero-order valence-corrected chi connectivity index (χ0v) is 18.9. The van der Waals surface area contributed by atoms with Crippen molar-refractivity contribution in [2.45, 2.75) is 45.1 Å². The lowest BCUT2D eigenvalue weighted by Crippen LogP contribution is -2.46. The molecule has 2 aromatic rings. The number of carbonyl (C=O) groups is 3. The Kier molecular flexibility index (Phi) is 6.69. The Labute approximate surface area is 196 Å². The fraction of sp³-hybridized carbons (Fsp3) is 0.417. The van der Waals surface area contributed by atoms with E-state index in [0.29, 0.717) is 49.5 Å². The van der Waals surface area contributed by atoms with Gasteiger partial charge in [0, 0.05) is 37.3 Å². The minimum atomic E-state index is -0.963. The third kappa shape index (κ3) is 5.12. The van der Waals surface area contributed by atoms with E-state index in [2.05, 4.69) is 10.3 Å². The van der Waals surface area contributed by atoms with E-state index in [1.165, 1.54) is 4.90 Å². The molecule has 10 heteroatoms. The molecule has 1 aromatic carbocycles. The topological polar surface area (TPSA) is 141 Å². The van der Waals surface area contributed by atoms with Gasteiger partial charge in [-0.3, -0.25) is 14.8 Å². The van der Waals surface area contributed by atoms with Crippen molar-refractivity contribution in [3.63, 3.8) is 0 Å². The summed E-state index contributed by atoms with van der Waals surface area (Å²) < 4.78 is 6.16. The molecule has 1 aliphatic carbocycles. The maximum atomic E-state index is 12.9. The fourth-order valence-corrected chi connectivity index (χ4v) is 4.46. The van der Waals surface area contributed by atoms with E-state index in [1.807, 2.05) is 13.0 Å². The van der Waals surface area contributed by atoms with Crippen LogP contribution in [0.2, 0.25) is 0 Å². The highest BCUT2D eigenvalue weighted by Gasteiger charge is 2.38. The Hall–Kier alpha value is -3.66. The summed E-state index contributed by atoms with van der Waals surface area (Å²) in [5.74, 6) is 0.270. The number of fused-ring (bicyclic) bond motifs is 1. The number of amides is 3. The molecule has 34 heavy (non-hydrogen) atoms. The first-order valence-electron chi connectivity index (χ1n) is 11.3. The Morgan fingerprint density at radius 3 is 2.62 bits per heavy atom. The van der Waals surface area contributed by atoms with Crippen LogP contribution in [0.1, 0.15) is 47.7 Å². The van der Waals surface area contributed by atoms with Crippen LogP contribution in [0.25, 0.3) is 0 Å². The number of aromatic nitrogens is 1. The first kappa shape index (κ1) is 23.5. The van der Waals surface area contributed by atoms with Crippen molar-refractivity contribution in [2.75, 3.05) is 18.4 Å². The number of rotatable bonds is 5. The van der Waals surface area contributed by atoms with Crippen molar-refractivity contribution in [2.24, 2.45) is 5.41 Å². The van der Waals surface area contributed by atoms with Crippen LogP contribution in [0.5, 0.6) is 5.75 Å². The van der Waals surface area contributed by atoms with Crippen LogP contribution < -0.4 is 15.5 Å². The summed E-state index contributed by atoms with van der Waals surface area (Å²) in [6, 6.07) is 8.78. The summed E-state index contributed by atoms with van der Waals surface area (Å²) in [4.78, 5) is 41.2. The van der Waals surface area contributed by atoms with Crippen molar-refractivity contribution >= 4 is 23.7 Å². The molecular weight excluding hydrogens is 440 g/mol. The predicted octanol–water partition coefficient (Wildman–Crippen LogP) is 2.86. The average Bonchev–Trinajstić information content (AvgIpc) is 2.83. The number of aryl methyl sites for hydroxylation is 1. The van der Waals surface area contributed by atoms with E-state index in [-0.39, 0.29) is 12.0 Å². The lowest BCUT2D eigenvalue weighted by Gasteiger charge is -2.36. The van der Waals surface area contributed by atoms with Crippen LogP contribution in [0, 0.1) is 5.41 Å². The standard InChI is InChI=1S/C24H28N4O6/c1-24(7-10-28(11-8-24)23(31)32)22(30)26-20-14-19(6-9-25-20)34-18-5-4-15-12-17(21(29)27-33)3-2-16(15)13-18/h2-3,6,9,12,14,18,33H,4-5,7-8,10-11,13H2,1H3,(H,27,29)(H,31,32)(H,25,26,30). The van der Waals surface area contributed by atoms with Gasteiger partial charge >= 0.3 is 6.09 Å². The van der Waals surface area contributed by atoms with Gasteiger partial charge in [0.2, 0.25) is 5.91 Å². The fourth-order valence-electron chi connectivity index (χ4n) is 4.46. The van der Waals surface area contributed by atoms with Crippen molar-refractivity contribution in [1.29, 1.82) is 0 Å². The number of anilines is 1. The molecule has 3 amide bonds. The SMILES string of the molecule is CC1(C(=O)Nc2cc(OC3CCc4cc(C(=O)NO)ccc4C3)ccn2)CCN(C(=O)O)CC1. The number of carboxylic acid groups (broad SMARTS) is 1. The minimum absolute atomic E-state index is 0.0613. The van der Waals surface area contributed by atoms with Gasteiger partial charge in [0.1, 0.15) is 17.7 Å².